The molecule has 118 valence electrons. The van der Waals surface area contributed by atoms with Gasteiger partial charge in [-0.3, -0.25) is 4.79 Å². The molecule has 3 aromatic rings. The van der Waals surface area contributed by atoms with Gasteiger partial charge in [-0.05, 0) is 35.9 Å². The lowest BCUT2D eigenvalue weighted by Crippen LogP contribution is -2.08. The fourth-order valence-corrected chi connectivity index (χ4v) is 4.35. The summed E-state index contributed by atoms with van der Waals surface area (Å²) in [7, 11) is 0. The third-order valence-electron chi connectivity index (χ3n) is 3.25. The Labute approximate surface area is 151 Å². The van der Waals surface area contributed by atoms with Crippen molar-refractivity contribution < 1.29 is 4.79 Å². The number of benzene rings is 2. The number of halogens is 1. The molecule has 2 aromatic carbocycles. The molecule has 3 nitrogen and oxygen atoms in total. The van der Waals surface area contributed by atoms with E-state index < -0.39 is 0 Å². The molecule has 0 bridgehead atoms. The molecule has 1 aromatic heterocycles. The van der Waals surface area contributed by atoms with Crippen molar-refractivity contribution in [2.45, 2.75) is 23.4 Å². The van der Waals surface area contributed by atoms with Gasteiger partial charge in [0.05, 0.1) is 10.2 Å². The van der Waals surface area contributed by atoms with Gasteiger partial charge in [-0.1, -0.05) is 46.7 Å². The summed E-state index contributed by atoms with van der Waals surface area (Å²) in [6.07, 6.45) is 0.481. The highest BCUT2D eigenvalue weighted by Crippen LogP contribution is 2.33. The maximum absolute atomic E-state index is 11.5. The molecular weight excluding hydrogens is 392 g/mol. The Hall–Kier alpha value is -1.37. The number of fused-ring (bicyclic) bond motifs is 1. The molecule has 0 radical (unpaired) electrons. The fraction of sp³-hybridized carbons (Fsp3) is 0.176. The molecule has 1 amide bonds. The van der Waals surface area contributed by atoms with Crippen molar-refractivity contribution in [3.8, 4) is 0 Å². The van der Waals surface area contributed by atoms with Crippen LogP contribution in [0.4, 0.5) is 5.69 Å². The van der Waals surface area contributed by atoms with E-state index in [2.05, 4.69) is 50.5 Å². The Morgan fingerprint density at radius 3 is 2.78 bits per heavy atom. The van der Waals surface area contributed by atoms with Crippen LogP contribution in [0.25, 0.3) is 10.2 Å². The number of nitrogens with zero attached hydrogens (tertiary/aromatic N) is 1. The van der Waals surface area contributed by atoms with Crippen LogP contribution in [0.1, 0.15) is 18.9 Å². The molecule has 0 aliphatic carbocycles. The molecule has 23 heavy (non-hydrogen) atoms. The Balaban J connectivity index is 1.72. The zero-order valence-electron chi connectivity index (χ0n) is 12.5. The Kier molecular flexibility index (Phi) is 5.35. The van der Waals surface area contributed by atoms with Gasteiger partial charge in [0.2, 0.25) is 5.91 Å². The van der Waals surface area contributed by atoms with Crippen LogP contribution >= 0.6 is 39.0 Å². The molecule has 3 rings (SSSR count). The van der Waals surface area contributed by atoms with Crippen molar-refractivity contribution in [3.63, 3.8) is 0 Å². The molecule has 0 atom stereocenters. The summed E-state index contributed by atoms with van der Waals surface area (Å²) in [6.45, 7) is 1.84. The summed E-state index contributed by atoms with van der Waals surface area (Å²) in [5, 5.41) is 2.88. The Morgan fingerprint density at radius 1 is 1.26 bits per heavy atom. The lowest BCUT2D eigenvalue weighted by Gasteiger charge is -2.02. The van der Waals surface area contributed by atoms with Crippen LogP contribution in [0.5, 0.6) is 0 Å². The summed E-state index contributed by atoms with van der Waals surface area (Å²) in [4.78, 5) is 16.1. The second-order valence-electron chi connectivity index (χ2n) is 4.98. The van der Waals surface area contributed by atoms with Gasteiger partial charge in [0.15, 0.2) is 4.34 Å². The minimum atomic E-state index is 0.0266. The van der Waals surface area contributed by atoms with E-state index in [4.69, 9.17) is 0 Å². The molecule has 0 saturated carbocycles. The summed E-state index contributed by atoms with van der Waals surface area (Å²) in [6, 6.07) is 14.2. The van der Waals surface area contributed by atoms with Gasteiger partial charge in [-0.2, -0.15) is 0 Å². The number of rotatable bonds is 5. The van der Waals surface area contributed by atoms with Gasteiger partial charge < -0.3 is 5.32 Å². The first kappa shape index (κ1) is 16.5. The predicted molar refractivity (Wildman–Crippen MR) is 102 cm³/mol. The number of hydrogen-bond acceptors (Lipinski definition) is 4. The number of amides is 1. The van der Waals surface area contributed by atoms with E-state index in [-0.39, 0.29) is 5.91 Å². The minimum Gasteiger partial charge on any atom is -0.326 e. The zero-order chi connectivity index (χ0) is 16.2. The molecule has 0 spiro atoms. The van der Waals surface area contributed by atoms with Crippen molar-refractivity contribution in [3.05, 3.63) is 52.5 Å². The molecule has 0 aliphatic rings. The van der Waals surface area contributed by atoms with Crippen molar-refractivity contribution in [2.75, 3.05) is 5.32 Å². The van der Waals surface area contributed by atoms with Crippen molar-refractivity contribution >= 4 is 60.8 Å². The summed E-state index contributed by atoms with van der Waals surface area (Å²) < 4.78 is 3.23. The lowest BCUT2D eigenvalue weighted by molar-refractivity contribution is -0.115. The van der Waals surface area contributed by atoms with E-state index in [1.807, 2.05) is 25.1 Å². The number of anilines is 1. The van der Waals surface area contributed by atoms with Crippen LogP contribution in [0.3, 0.4) is 0 Å². The van der Waals surface area contributed by atoms with Crippen molar-refractivity contribution in [2.24, 2.45) is 0 Å². The first-order valence-corrected chi connectivity index (χ1v) is 9.81. The van der Waals surface area contributed by atoms with E-state index in [0.29, 0.717) is 6.42 Å². The lowest BCUT2D eigenvalue weighted by atomic mass is 10.2. The fourth-order valence-electron chi connectivity index (χ4n) is 2.02. The summed E-state index contributed by atoms with van der Waals surface area (Å²) >= 11 is 6.84. The quantitative estimate of drug-likeness (QED) is 0.552. The highest BCUT2D eigenvalue weighted by molar-refractivity contribution is 9.10. The first-order valence-electron chi connectivity index (χ1n) is 7.21. The SMILES string of the molecule is CCC(=O)Nc1ccc2nc(SCc3ccc(Br)cc3)sc2c1. The molecule has 0 unspecified atom stereocenters. The third-order valence-corrected chi connectivity index (χ3v) is 6.01. The highest BCUT2D eigenvalue weighted by Gasteiger charge is 2.07. The molecule has 1 N–H and O–H groups in total. The van der Waals surface area contributed by atoms with Gasteiger partial charge in [0.25, 0.3) is 0 Å². The van der Waals surface area contributed by atoms with Crippen LogP contribution in [0, 0.1) is 0 Å². The van der Waals surface area contributed by atoms with Gasteiger partial charge in [0, 0.05) is 22.3 Å². The van der Waals surface area contributed by atoms with Gasteiger partial charge >= 0.3 is 0 Å². The first-order chi connectivity index (χ1) is 11.1. The Morgan fingerprint density at radius 2 is 2.04 bits per heavy atom. The van der Waals surface area contributed by atoms with Gasteiger partial charge in [-0.15, -0.1) is 11.3 Å². The molecule has 0 fully saturated rings. The van der Waals surface area contributed by atoms with Crippen LogP contribution < -0.4 is 5.32 Å². The van der Waals surface area contributed by atoms with Crippen LogP contribution in [0.2, 0.25) is 0 Å². The average molecular weight is 407 g/mol. The molecule has 1 heterocycles. The molecule has 0 aliphatic heterocycles. The number of carbonyl (C=O) groups excluding carboxylic acids is 1. The average Bonchev–Trinajstić information content (AvgIpc) is 2.96. The molecule has 6 heteroatoms. The van der Waals surface area contributed by atoms with Gasteiger partial charge in [-0.25, -0.2) is 4.98 Å². The third kappa shape index (κ3) is 4.34. The number of thioether (sulfide) groups is 1. The zero-order valence-corrected chi connectivity index (χ0v) is 15.7. The van der Waals surface area contributed by atoms with E-state index >= 15 is 0 Å². The topological polar surface area (TPSA) is 42.0 Å². The van der Waals surface area contributed by atoms with E-state index in [1.54, 1.807) is 23.1 Å². The standard InChI is InChI=1S/C17H15BrN2OS2/c1-2-16(21)19-13-7-8-14-15(9-13)23-17(20-14)22-10-11-3-5-12(18)6-4-11/h3-9H,2,10H2,1H3,(H,19,21). The van der Waals surface area contributed by atoms with Crippen LogP contribution in [-0.4, -0.2) is 10.9 Å². The van der Waals surface area contributed by atoms with Crippen molar-refractivity contribution in [1.82, 2.24) is 4.98 Å². The van der Waals surface area contributed by atoms with E-state index in [0.717, 1.165) is 30.5 Å². The van der Waals surface area contributed by atoms with Crippen molar-refractivity contribution in [1.29, 1.82) is 0 Å². The predicted octanol–water partition coefficient (Wildman–Crippen LogP) is 5.70. The van der Waals surface area contributed by atoms with Crippen LogP contribution in [-0.2, 0) is 10.5 Å². The smallest absolute Gasteiger partial charge is 0.224 e. The maximum atomic E-state index is 11.5. The van der Waals surface area contributed by atoms with E-state index in [1.165, 1.54) is 5.56 Å². The summed E-state index contributed by atoms with van der Waals surface area (Å²) in [5.41, 5.74) is 3.08. The summed E-state index contributed by atoms with van der Waals surface area (Å²) in [5.74, 6) is 0.922. The number of thiazole rings is 1. The molecule has 0 saturated heterocycles. The minimum absolute atomic E-state index is 0.0266. The second-order valence-corrected chi connectivity index (χ2v) is 8.15. The normalized spacial score (nSPS) is 10.9. The highest BCUT2D eigenvalue weighted by atomic mass is 79.9. The van der Waals surface area contributed by atoms with Crippen LogP contribution in [0.15, 0.2) is 51.3 Å². The number of nitrogens with one attached hydrogen (secondary N) is 1. The largest absolute Gasteiger partial charge is 0.326 e. The number of hydrogen-bond donors (Lipinski definition) is 1. The second kappa shape index (κ2) is 7.47. The molecular formula is C17H15BrN2OS2. The van der Waals surface area contributed by atoms with E-state index in [9.17, 15) is 4.79 Å². The monoisotopic (exact) mass is 406 g/mol. The Bertz CT molecular complexity index is 830. The van der Waals surface area contributed by atoms with Gasteiger partial charge in [0.1, 0.15) is 0 Å². The maximum Gasteiger partial charge on any atom is 0.224 e. The number of carbonyl (C=O) groups is 1. The number of aromatic nitrogens is 1.